The summed E-state index contributed by atoms with van der Waals surface area (Å²) in [5.74, 6) is -0.399. The number of rotatable bonds is 1. The molecule has 2 bridgehead atoms. The van der Waals surface area contributed by atoms with Gasteiger partial charge < -0.3 is 15.3 Å². The van der Waals surface area contributed by atoms with E-state index in [0.29, 0.717) is 25.7 Å². The minimum Gasteiger partial charge on any atom is -0.393 e. The van der Waals surface area contributed by atoms with E-state index in [9.17, 15) is 20.1 Å². The highest BCUT2D eigenvalue weighted by Crippen LogP contribution is 2.67. The predicted molar refractivity (Wildman–Crippen MR) is 92.2 cm³/mol. The smallest absolute Gasteiger partial charge is 0.137 e. The molecule has 24 heavy (non-hydrogen) atoms. The van der Waals surface area contributed by atoms with Crippen molar-refractivity contribution in [2.24, 2.45) is 34.0 Å². The van der Waals surface area contributed by atoms with Gasteiger partial charge in [0.15, 0.2) is 0 Å². The standard InChI is InChI=1S/C20H32O4/c1-6-18(4)10-15(23)19(5)11(2)14(22)9-20(12(3)17(18)24)8-7-13(21)16(19)20/h6,11-12,14-17,22-24H,1,7-10H2,2-5H3/t11-,12-,14+,15+,16-,17-,18+,19-,20+/m0/s1. The number of hydrogen-bond acceptors (Lipinski definition) is 4. The van der Waals surface area contributed by atoms with Gasteiger partial charge >= 0.3 is 0 Å². The zero-order valence-electron chi connectivity index (χ0n) is 15.3. The average molecular weight is 336 g/mol. The second-order valence-electron chi connectivity index (χ2n) is 9.22. The lowest BCUT2D eigenvalue weighted by Gasteiger charge is -2.62. The number of carbonyl (C=O) groups is 1. The first-order chi connectivity index (χ1) is 11.0. The highest BCUT2D eigenvalue weighted by molar-refractivity contribution is 5.85. The summed E-state index contributed by atoms with van der Waals surface area (Å²) >= 11 is 0. The van der Waals surface area contributed by atoms with Crippen LogP contribution in [0.15, 0.2) is 12.7 Å². The zero-order valence-corrected chi connectivity index (χ0v) is 15.3. The number of ketones is 1. The fourth-order valence-electron chi connectivity index (χ4n) is 6.41. The summed E-state index contributed by atoms with van der Waals surface area (Å²) in [6.45, 7) is 11.8. The summed E-state index contributed by atoms with van der Waals surface area (Å²) in [6.07, 6.45) is 1.79. The lowest BCUT2D eigenvalue weighted by Crippen LogP contribution is -2.65. The molecule has 0 spiro atoms. The Balaban J connectivity index is 2.24. The molecule has 0 amide bonds. The largest absolute Gasteiger partial charge is 0.393 e. The van der Waals surface area contributed by atoms with Gasteiger partial charge in [-0.25, -0.2) is 0 Å². The molecule has 0 aromatic heterocycles. The second-order valence-corrected chi connectivity index (χ2v) is 9.22. The van der Waals surface area contributed by atoms with Crippen LogP contribution in [0.2, 0.25) is 0 Å². The van der Waals surface area contributed by atoms with E-state index in [1.807, 2.05) is 27.7 Å². The molecule has 9 atom stereocenters. The molecule has 0 saturated heterocycles. The minimum atomic E-state index is -0.765. The number of carbonyl (C=O) groups excluding carboxylic acids is 1. The maximum Gasteiger partial charge on any atom is 0.137 e. The molecule has 3 aliphatic carbocycles. The van der Waals surface area contributed by atoms with E-state index < -0.39 is 34.6 Å². The van der Waals surface area contributed by atoms with Crippen LogP contribution in [0.4, 0.5) is 0 Å². The molecule has 136 valence electrons. The first-order valence-electron chi connectivity index (χ1n) is 9.25. The molecule has 3 N–H and O–H groups in total. The molecular formula is C20H32O4. The van der Waals surface area contributed by atoms with Crippen molar-refractivity contribution < 1.29 is 20.1 Å². The topological polar surface area (TPSA) is 77.8 Å². The van der Waals surface area contributed by atoms with Crippen molar-refractivity contribution in [3.8, 4) is 0 Å². The molecule has 0 radical (unpaired) electrons. The summed E-state index contributed by atoms with van der Waals surface area (Å²) in [5.41, 5.74) is -1.72. The highest BCUT2D eigenvalue weighted by Gasteiger charge is 2.69. The fraction of sp³-hybridized carbons (Fsp3) is 0.850. The Kier molecular flexibility index (Phi) is 4.06. The van der Waals surface area contributed by atoms with Crippen LogP contribution >= 0.6 is 0 Å². The summed E-state index contributed by atoms with van der Waals surface area (Å²) in [5, 5.41) is 33.1. The van der Waals surface area contributed by atoms with Crippen molar-refractivity contribution in [1.29, 1.82) is 0 Å². The van der Waals surface area contributed by atoms with Gasteiger partial charge in [0.05, 0.1) is 18.3 Å². The zero-order chi connectivity index (χ0) is 18.1. The van der Waals surface area contributed by atoms with Crippen LogP contribution < -0.4 is 0 Å². The molecule has 3 saturated carbocycles. The number of Topliss-reactive ketones (excluding diaryl/α,β-unsaturated/α-hetero) is 1. The van der Waals surface area contributed by atoms with Gasteiger partial charge in [0.2, 0.25) is 0 Å². The average Bonchev–Trinajstić information content (AvgIpc) is 2.88. The van der Waals surface area contributed by atoms with Gasteiger partial charge in [0.25, 0.3) is 0 Å². The molecule has 0 aliphatic heterocycles. The second kappa shape index (κ2) is 5.39. The van der Waals surface area contributed by atoms with Crippen LogP contribution in [-0.4, -0.2) is 39.4 Å². The Morgan fingerprint density at radius 2 is 1.75 bits per heavy atom. The van der Waals surface area contributed by atoms with Crippen LogP contribution in [0.25, 0.3) is 0 Å². The summed E-state index contributed by atoms with van der Waals surface area (Å²) in [4.78, 5) is 12.9. The fourth-order valence-corrected chi connectivity index (χ4v) is 6.41. The van der Waals surface area contributed by atoms with E-state index in [2.05, 4.69) is 6.58 Å². The normalized spacial score (nSPS) is 57.9. The van der Waals surface area contributed by atoms with Gasteiger partial charge in [-0.1, -0.05) is 33.8 Å². The third-order valence-corrected chi connectivity index (χ3v) is 8.38. The van der Waals surface area contributed by atoms with Crippen LogP contribution in [0.3, 0.4) is 0 Å². The minimum absolute atomic E-state index is 0.133. The number of aliphatic hydroxyl groups is 3. The lowest BCUT2D eigenvalue weighted by molar-refractivity contribution is -0.215. The quantitative estimate of drug-likeness (QED) is 0.642. The summed E-state index contributed by atoms with van der Waals surface area (Å²) < 4.78 is 0. The Hall–Kier alpha value is -0.710. The predicted octanol–water partition coefficient (Wildman–Crippen LogP) is 2.31. The molecule has 0 unspecified atom stereocenters. The van der Waals surface area contributed by atoms with Gasteiger partial charge in [-0.15, -0.1) is 6.58 Å². The van der Waals surface area contributed by atoms with Gasteiger partial charge in [-0.3, -0.25) is 4.79 Å². The van der Waals surface area contributed by atoms with Crippen molar-refractivity contribution in [2.45, 2.75) is 71.7 Å². The first kappa shape index (κ1) is 18.1. The van der Waals surface area contributed by atoms with Gasteiger partial charge in [0.1, 0.15) is 5.78 Å². The van der Waals surface area contributed by atoms with Gasteiger partial charge in [-0.05, 0) is 36.5 Å². The number of hydrogen-bond donors (Lipinski definition) is 3. The van der Waals surface area contributed by atoms with Crippen LogP contribution in [0, 0.1) is 34.0 Å². The molecule has 0 aromatic rings. The Labute approximate surface area is 145 Å². The summed E-state index contributed by atoms with van der Waals surface area (Å²) in [6, 6.07) is 0. The molecular weight excluding hydrogens is 304 g/mol. The summed E-state index contributed by atoms with van der Waals surface area (Å²) in [7, 11) is 0. The molecule has 0 heterocycles. The maximum absolute atomic E-state index is 12.9. The third-order valence-electron chi connectivity index (χ3n) is 8.38. The molecule has 3 rings (SSSR count). The molecule has 3 fully saturated rings. The highest BCUT2D eigenvalue weighted by atomic mass is 16.3. The number of aliphatic hydroxyl groups excluding tert-OH is 3. The van der Waals surface area contributed by atoms with Gasteiger partial charge in [0, 0.05) is 23.2 Å². The third kappa shape index (κ3) is 1.99. The van der Waals surface area contributed by atoms with Crippen molar-refractivity contribution >= 4 is 5.78 Å². The van der Waals surface area contributed by atoms with E-state index in [4.69, 9.17) is 0 Å². The van der Waals surface area contributed by atoms with E-state index in [1.165, 1.54) is 0 Å². The molecule has 3 aliphatic rings. The Morgan fingerprint density at radius 3 is 2.33 bits per heavy atom. The van der Waals surface area contributed by atoms with E-state index in [0.717, 1.165) is 0 Å². The van der Waals surface area contributed by atoms with Gasteiger partial charge in [-0.2, -0.15) is 0 Å². The van der Waals surface area contributed by atoms with Crippen LogP contribution in [0.5, 0.6) is 0 Å². The lowest BCUT2D eigenvalue weighted by atomic mass is 9.43. The maximum atomic E-state index is 12.9. The monoisotopic (exact) mass is 336 g/mol. The van der Waals surface area contributed by atoms with E-state index in [1.54, 1.807) is 6.08 Å². The van der Waals surface area contributed by atoms with E-state index in [-0.39, 0.29) is 23.5 Å². The van der Waals surface area contributed by atoms with Crippen molar-refractivity contribution in [2.75, 3.05) is 0 Å². The van der Waals surface area contributed by atoms with Crippen LogP contribution in [0.1, 0.15) is 53.4 Å². The molecule has 4 nitrogen and oxygen atoms in total. The van der Waals surface area contributed by atoms with Crippen molar-refractivity contribution in [1.82, 2.24) is 0 Å². The van der Waals surface area contributed by atoms with Crippen molar-refractivity contribution in [3.05, 3.63) is 12.7 Å². The van der Waals surface area contributed by atoms with Crippen LogP contribution in [-0.2, 0) is 4.79 Å². The first-order valence-corrected chi connectivity index (χ1v) is 9.25. The SMILES string of the molecule is C=C[C@]1(C)C[C@@H](O)[C@@]2(C)[C@@H]3C(=O)CC[C@@]3(C[C@@H](O)[C@@H]2C)[C@@H](C)[C@@H]1O. The van der Waals surface area contributed by atoms with Crippen molar-refractivity contribution in [3.63, 3.8) is 0 Å². The Morgan fingerprint density at radius 1 is 1.12 bits per heavy atom. The Bertz CT molecular complexity index is 560. The molecule has 4 heteroatoms. The van der Waals surface area contributed by atoms with E-state index >= 15 is 0 Å². The molecule has 0 aromatic carbocycles.